The summed E-state index contributed by atoms with van der Waals surface area (Å²) in [6, 6.07) is 4.94. The number of carbonyl (C=O) groups excluding carboxylic acids is 3. The molecule has 178 valence electrons. The monoisotopic (exact) mass is 473 g/mol. The fraction of sp³-hybridized carbons (Fsp3) is 0.625. The number of hydrogen-bond donors (Lipinski definition) is 2. The van der Waals surface area contributed by atoms with Crippen LogP contribution in [0, 0.1) is 23.2 Å². The molecule has 5 fully saturated rings. The van der Waals surface area contributed by atoms with Crippen LogP contribution in [0.5, 0.6) is 0 Å². The number of carbonyl (C=O) groups is 3. The molecular weight excluding hydrogens is 442 g/mol. The molecule has 8 nitrogen and oxygen atoms in total. The predicted molar refractivity (Wildman–Crippen MR) is 121 cm³/mol. The van der Waals surface area contributed by atoms with Crippen LogP contribution in [-0.2, 0) is 19.4 Å². The van der Waals surface area contributed by atoms with Gasteiger partial charge in [-0.1, -0.05) is 0 Å². The first-order valence-corrected chi connectivity index (χ1v) is 13.8. The summed E-state index contributed by atoms with van der Waals surface area (Å²) in [5.74, 6) is 1.18. The van der Waals surface area contributed by atoms with E-state index >= 15 is 0 Å². The molecule has 4 bridgehead atoms. The SMILES string of the molecule is CS(=O)(=O)c1ccc(C(=O)NNC(=O)C2CCCN2C(=O)C23CC4CC(CC(C4)C2)C3)cc1. The maximum absolute atomic E-state index is 13.7. The number of rotatable bonds is 4. The molecule has 5 aliphatic rings. The maximum Gasteiger partial charge on any atom is 0.269 e. The third kappa shape index (κ3) is 4.16. The van der Waals surface area contributed by atoms with Crippen LogP contribution in [-0.4, -0.2) is 49.9 Å². The number of nitrogens with one attached hydrogen (secondary N) is 2. The van der Waals surface area contributed by atoms with Gasteiger partial charge in [-0.15, -0.1) is 0 Å². The van der Waals surface area contributed by atoms with Gasteiger partial charge in [-0.05, 0) is 93.4 Å². The van der Waals surface area contributed by atoms with E-state index in [2.05, 4.69) is 10.9 Å². The van der Waals surface area contributed by atoms with Crippen LogP contribution in [0.1, 0.15) is 61.7 Å². The van der Waals surface area contributed by atoms with Gasteiger partial charge in [0.1, 0.15) is 6.04 Å². The average Bonchev–Trinajstić information content (AvgIpc) is 3.25. The Morgan fingerprint density at radius 1 is 0.939 bits per heavy atom. The van der Waals surface area contributed by atoms with Gasteiger partial charge in [-0.25, -0.2) is 8.42 Å². The van der Waals surface area contributed by atoms with Crippen molar-refractivity contribution in [3.63, 3.8) is 0 Å². The summed E-state index contributed by atoms with van der Waals surface area (Å²) in [5.41, 5.74) is 4.82. The summed E-state index contributed by atoms with van der Waals surface area (Å²) in [4.78, 5) is 40.9. The molecule has 1 atom stereocenters. The second-order valence-electron chi connectivity index (χ2n) is 10.6. The lowest BCUT2D eigenvalue weighted by Crippen LogP contribution is -2.58. The molecule has 1 aliphatic heterocycles. The van der Waals surface area contributed by atoms with E-state index in [9.17, 15) is 22.8 Å². The first-order valence-electron chi connectivity index (χ1n) is 11.9. The lowest BCUT2D eigenvalue weighted by atomic mass is 9.49. The van der Waals surface area contributed by atoms with Crippen molar-refractivity contribution in [2.45, 2.75) is 62.3 Å². The molecule has 0 aromatic heterocycles. The van der Waals surface area contributed by atoms with Crippen LogP contribution in [0.4, 0.5) is 0 Å². The standard InChI is InChI=1S/C24H31N3O5S/c1-33(31,32)19-6-4-18(5-7-19)21(28)25-26-22(29)20-3-2-8-27(20)23(30)24-12-15-9-16(13-24)11-17(10-15)14-24/h4-7,15-17,20H,2-3,8-14H2,1H3,(H,25,28)(H,26,29). The molecule has 0 radical (unpaired) electrons. The first kappa shape index (κ1) is 22.4. The van der Waals surface area contributed by atoms with E-state index in [0.717, 1.165) is 31.9 Å². The van der Waals surface area contributed by atoms with E-state index in [1.54, 1.807) is 4.90 Å². The fourth-order valence-corrected chi connectivity index (χ4v) is 7.72. The number of hydrogen-bond acceptors (Lipinski definition) is 5. The summed E-state index contributed by atoms with van der Waals surface area (Å²) in [7, 11) is -3.35. The maximum atomic E-state index is 13.7. The Labute approximate surface area is 194 Å². The highest BCUT2D eigenvalue weighted by atomic mass is 32.2. The molecule has 6 rings (SSSR count). The molecule has 3 amide bonds. The van der Waals surface area contributed by atoms with Crippen molar-refractivity contribution in [1.82, 2.24) is 15.8 Å². The minimum absolute atomic E-state index is 0.118. The van der Waals surface area contributed by atoms with Crippen LogP contribution in [0.25, 0.3) is 0 Å². The van der Waals surface area contributed by atoms with E-state index in [1.165, 1.54) is 43.5 Å². The normalized spacial score (nSPS) is 32.6. The van der Waals surface area contributed by atoms with Gasteiger partial charge in [0.05, 0.1) is 10.3 Å². The van der Waals surface area contributed by atoms with Crippen molar-refractivity contribution in [2.24, 2.45) is 23.2 Å². The van der Waals surface area contributed by atoms with Gasteiger partial charge in [-0.3, -0.25) is 25.2 Å². The quantitative estimate of drug-likeness (QED) is 0.650. The fourth-order valence-electron chi connectivity index (χ4n) is 7.09. The van der Waals surface area contributed by atoms with E-state index in [-0.39, 0.29) is 27.7 Å². The number of amides is 3. The molecule has 1 heterocycles. The molecular formula is C24H31N3O5S. The molecule has 2 N–H and O–H groups in total. The highest BCUT2D eigenvalue weighted by molar-refractivity contribution is 7.90. The lowest BCUT2D eigenvalue weighted by Gasteiger charge is -2.56. The van der Waals surface area contributed by atoms with Crippen LogP contribution < -0.4 is 10.9 Å². The topological polar surface area (TPSA) is 113 Å². The zero-order chi connectivity index (χ0) is 23.4. The summed E-state index contributed by atoms with van der Waals surface area (Å²) >= 11 is 0. The van der Waals surface area contributed by atoms with Crippen LogP contribution in [0.3, 0.4) is 0 Å². The number of sulfone groups is 1. The number of hydrazine groups is 1. The second-order valence-corrected chi connectivity index (χ2v) is 12.6. The smallest absolute Gasteiger partial charge is 0.269 e. The van der Waals surface area contributed by atoms with Gasteiger partial charge in [-0.2, -0.15) is 0 Å². The van der Waals surface area contributed by atoms with E-state index in [1.807, 2.05) is 0 Å². The molecule has 1 unspecified atom stereocenters. The molecule has 0 spiro atoms. The highest BCUT2D eigenvalue weighted by Gasteiger charge is 2.56. The molecule has 4 aliphatic carbocycles. The van der Waals surface area contributed by atoms with Crippen molar-refractivity contribution >= 4 is 27.6 Å². The summed E-state index contributed by atoms with van der Waals surface area (Å²) in [6.07, 6.45) is 9.11. The Bertz CT molecular complexity index is 1050. The van der Waals surface area contributed by atoms with Crippen LogP contribution >= 0.6 is 0 Å². The van der Waals surface area contributed by atoms with Gasteiger partial charge in [0, 0.05) is 18.4 Å². The van der Waals surface area contributed by atoms with Crippen molar-refractivity contribution in [3.8, 4) is 0 Å². The number of nitrogens with zero attached hydrogens (tertiary/aromatic N) is 1. The molecule has 4 saturated carbocycles. The predicted octanol–water partition coefficient (Wildman–Crippen LogP) is 2.06. The second kappa shape index (κ2) is 8.11. The summed E-state index contributed by atoms with van der Waals surface area (Å²) in [6.45, 7) is 0.583. The molecule has 1 aromatic rings. The highest BCUT2D eigenvalue weighted by Crippen LogP contribution is 2.60. The summed E-state index contributed by atoms with van der Waals surface area (Å²) < 4.78 is 23.1. The van der Waals surface area contributed by atoms with Crippen molar-refractivity contribution in [3.05, 3.63) is 29.8 Å². The largest absolute Gasteiger partial charge is 0.330 e. The first-order chi connectivity index (χ1) is 15.6. The zero-order valence-corrected chi connectivity index (χ0v) is 19.7. The van der Waals surface area contributed by atoms with Crippen LogP contribution in [0.2, 0.25) is 0 Å². The Morgan fingerprint density at radius 3 is 2.06 bits per heavy atom. The third-order valence-electron chi connectivity index (χ3n) is 8.15. The van der Waals surface area contributed by atoms with Gasteiger partial charge >= 0.3 is 0 Å². The lowest BCUT2D eigenvalue weighted by molar-refractivity contribution is -0.160. The Kier molecular flexibility index (Phi) is 5.50. The van der Waals surface area contributed by atoms with E-state index in [0.29, 0.717) is 30.7 Å². The minimum atomic E-state index is -3.35. The number of benzene rings is 1. The molecule has 33 heavy (non-hydrogen) atoms. The van der Waals surface area contributed by atoms with E-state index in [4.69, 9.17) is 0 Å². The molecule has 1 saturated heterocycles. The molecule has 9 heteroatoms. The number of likely N-dealkylation sites (tertiary alicyclic amines) is 1. The average molecular weight is 474 g/mol. The van der Waals surface area contributed by atoms with Gasteiger partial charge in [0.15, 0.2) is 9.84 Å². The zero-order valence-electron chi connectivity index (χ0n) is 18.9. The van der Waals surface area contributed by atoms with Crippen molar-refractivity contribution < 1.29 is 22.8 Å². The Balaban J connectivity index is 1.22. The van der Waals surface area contributed by atoms with Crippen molar-refractivity contribution in [2.75, 3.05) is 12.8 Å². The van der Waals surface area contributed by atoms with Gasteiger partial charge < -0.3 is 4.90 Å². The van der Waals surface area contributed by atoms with Crippen LogP contribution in [0.15, 0.2) is 29.2 Å². The molecule has 1 aromatic carbocycles. The third-order valence-corrected chi connectivity index (χ3v) is 9.28. The van der Waals surface area contributed by atoms with Gasteiger partial charge in [0.2, 0.25) is 5.91 Å². The minimum Gasteiger partial charge on any atom is -0.330 e. The van der Waals surface area contributed by atoms with Gasteiger partial charge in [0.25, 0.3) is 11.8 Å². The Hall–Kier alpha value is -2.42. The summed E-state index contributed by atoms with van der Waals surface area (Å²) in [5, 5.41) is 0. The van der Waals surface area contributed by atoms with E-state index < -0.39 is 21.8 Å². The van der Waals surface area contributed by atoms with Crippen molar-refractivity contribution in [1.29, 1.82) is 0 Å². The Morgan fingerprint density at radius 2 is 1.52 bits per heavy atom.